The minimum atomic E-state index is -0.197. The van der Waals surface area contributed by atoms with Gasteiger partial charge in [-0.25, -0.2) is 0 Å². The standard InChI is InChI=1S/C33H56N4O3/c1-20-9-14-33(35-18-20)21(2)30-27(40-33)16-26-24-8-7-22-15-23(36-29(39)17-28(38)34-19-37(5)6)10-12-31(22,3)25(24)11-13-32(26,30)4/h20-27,30,35H,7-19H2,1-6H3,(H,34,38)(H,36,39)/t20-,21+,22-,23-,24-,25+,26+,27+,30+,31+,32+,33-/m1/s1. The van der Waals surface area contributed by atoms with Gasteiger partial charge in [0, 0.05) is 18.5 Å². The van der Waals surface area contributed by atoms with Crippen molar-refractivity contribution < 1.29 is 14.3 Å². The highest BCUT2D eigenvalue weighted by Crippen LogP contribution is 2.71. The predicted octanol–water partition coefficient (Wildman–Crippen LogP) is 4.52. The predicted molar refractivity (Wildman–Crippen MR) is 157 cm³/mol. The summed E-state index contributed by atoms with van der Waals surface area (Å²) in [6, 6.07) is 0.208. The monoisotopic (exact) mass is 556 g/mol. The Morgan fingerprint density at radius 3 is 2.42 bits per heavy atom. The first kappa shape index (κ1) is 28.9. The highest BCUT2D eigenvalue weighted by Gasteiger charge is 2.68. The number of rotatable bonds is 5. The Kier molecular flexibility index (Phi) is 7.60. The quantitative estimate of drug-likeness (QED) is 0.343. The second kappa shape index (κ2) is 10.5. The third-order valence-corrected chi connectivity index (χ3v) is 13.4. The lowest BCUT2D eigenvalue weighted by Crippen LogP contribution is -2.58. The molecule has 6 fully saturated rings. The molecule has 7 nitrogen and oxygen atoms in total. The minimum absolute atomic E-state index is 0.0735. The molecule has 2 saturated heterocycles. The van der Waals surface area contributed by atoms with Crippen LogP contribution in [0, 0.1) is 52.3 Å². The Balaban J connectivity index is 1.08. The summed E-state index contributed by atoms with van der Waals surface area (Å²) >= 11 is 0. The Morgan fingerprint density at radius 2 is 1.70 bits per heavy atom. The molecule has 0 aromatic carbocycles. The Bertz CT molecular complexity index is 979. The van der Waals surface area contributed by atoms with Crippen LogP contribution in [0.5, 0.6) is 0 Å². The smallest absolute Gasteiger partial charge is 0.230 e. The van der Waals surface area contributed by atoms with Gasteiger partial charge in [0.05, 0.1) is 12.8 Å². The average Bonchev–Trinajstić information content (AvgIpc) is 3.34. The molecule has 0 bridgehead atoms. The lowest BCUT2D eigenvalue weighted by molar-refractivity contribution is -0.137. The van der Waals surface area contributed by atoms with Gasteiger partial charge < -0.3 is 15.4 Å². The van der Waals surface area contributed by atoms with E-state index in [1.807, 2.05) is 19.0 Å². The topological polar surface area (TPSA) is 82.7 Å². The van der Waals surface area contributed by atoms with Crippen molar-refractivity contribution in [3.8, 4) is 0 Å². The van der Waals surface area contributed by atoms with E-state index in [-0.39, 0.29) is 30.0 Å². The number of fused-ring (bicyclic) bond motifs is 7. The van der Waals surface area contributed by atoms with Gasteiger partial charge in [0.15, 0.2) is 0 Å². The fourth-order valence-corrected chi connectivity index (χ4v) is 11.3. The Morgan fingerprint density at radius 1 is 0.925 bits per heavy atom. The van der Waals surface area contributed by atoms with Crippen molar-refractivity contribution in [3.05, 3.63) is 0 Å². The molecule has 0 radical (unpaired) electrons. The van der Waals surface area contributed by atoms with Gasteiger partial charge in [0.2, 0.25) is 11.8 Å². The van der Waals surface area contributed by atoms with Crippen LogP contribution in [0.3, 0.4) is 0 Å². The summed E-state index contributed by atoms with van der Waals surface area (Å²) in [5.74, 6) is 4.80. The molecule has 0 unspecified atom stereocenters. The van der Waals surface area contributed by atoms with Crippen LogP contribution in [0.25, 0.3) is 0 Å². The van der Waals surface area contributed by atoms with Gasteiger partial charge in [-0.1, -0.05) is 27.7 Å². The van der Waals surface area contributed by atoms with E-state index in [0.29, 0.717) is 41.4 Å². The van der Waals surface area contributed by atoms with E-state index in [9.17, 15) is 9.59 Å². The molecule has 2 heterocycles. The second-order valence-electron chi connectivity index (χ2n) is 15.9. The number of piperidine rings is 1. The van der Waals surface area contributed by atoms with Crippen molar-refractivity contribution >= 4 is 11.8 Å². The molecule has 2 aliphatic heterocycles. The normalized spacial score (nSPS) is 49.6. The molecule has 7 heteroatoms. The summed E-state index contributed by atoms with van der Waals surface area (Å²) in [6.07, 6.45) is 12.7. The number of carbonyl (C=O) groups excluding carboxylic acids is 2. The number of nitrogens with one attached hydrogen (secondary N) is 3. The number of hydrogen-bond acceptors (Lipinski definition) is 5. The van der Waals surface area contributed by atoms with Crippen molar-refractivity contribution in [2.45, 2.75) is 116 Å². The van der Waals surface area contributed by atoms with Crippen LogP contribution in [-0.2, 0) is 14.3 Å². The summed E-state index contributed by atoms with van der Waals surface area (Å²) in [6.45, 7) is 11.7. The third kappa shape index (κ3) is 4.74. The van der Waals surface area contributed by atoms with E-state index >= 15 is 0 Å². The maximum Gasteiger partial charge on any atom is 0.230 e. The largest absolute Gasteiger partial charge is 0.357 e. The molecule has 12 atom stereocenters. The minimum Gasteiger partial charge on any atom is -0.357 e. The zero-order chi connectivity index (χ0) is 28.4. The summed E-state index contributed by atoms with van der Waals surface area (Å²) in [5, 5.41) is 9.93. The van der Waals surface area contributed by atoms with E-state index in [1.54, 1.807) is 0 Å². The van der Waals surface area contributed by atoms with Crippen LogP contribution in [0.2, 0.25) is 0 Å². The summed E-state index contributed by atoms with van der Waals surface area (Å²) in [7, 11) is 3.80. The molecule has 1 spiro atoms. The fraction of sp³-hybridized carbons (Fsp3) is 0.939. The molecule has 6 aliphatic rings. The first-order valence-corrected chi connectivity index (χ1v) is 16.6. The second-order valence-corrected chi connectivity index (χ2v) is 15.9. The molecular weight excluding hydrogens is 500 g/mol. The highest BCUT2D eigenvalue weighted by atomic mass is 16.5. The lowest BCUT2D eigenvalue weighted by atomic mass is 9.44. The van der Waals surface area contributed by atoms with Crippen LogP contribution in [0.15, 0.2) is 0 Å². The zero-order valence-electron chi connectivity index (χ0n) is 26.1. The lowest BCUT2D eigenvalue weighted by Gasteiger charge is -2.61. The maximum atomic E-state index is 12.6. The first-order valence-electron chi connectivity index (χ1n) is 16.6. The summed E-state index contributed by atoms with van der Waals surface area (Å²) < 4.78 is 7.07. The Labute approximate surface area is 242 Å². The highest BCUT2D eigenvalue weighted by molar-refractivity contribution is 5.96. The summed E-state index contributed by atoms with van der Waals surface area (Å²) in [4.78, 5) is 26.7. The van der Waals surface area contributed by atoms with Crippen molar-refractivity contribution in [1.29, 1.82) is 0 Å². The number of nitrogens with zero attached hydrogens (tertiary/aromatic N) is 1. The zero-order valence-corrected chi connectivity index (χ0v) is 26.1. The van der Waals surface area contributed by atoms with Gasteiger partial charge in [-0.3, -0.25) is 19.8 Å². The van der Waals surface area contributed by atoms with Crippen molar-refractivity contribution in [3.63, 3.8) is 0 Å². The van der Waals surface area contributed by atoms with Crippen molar-refractivity contribution in [1.82, 2.24) is 20.9 Å². The van der Waals surface area contributed by atoms with E-state index in [1.165, 1.54) is 51.4 Å². The molecule has 40 heavy (non-hydrogen) atoms. The molecule has 4 saturated carbocycles. The van der Waals surface area contributed by atoms with Crippen molar-refractivity contribution in [2.24, 2.45) is 52.3 Å². The number of carbonyl (C=O) groups is 2. The van der Waals surface area contributed by atoms with E-state index in [4.69, 9.17) is 4.74 Å². The van der Waals surface area contributed by atoms with Crippen LogP contribution < -0.4 is 16.0 Å². The third-order valence-electron chi connectivity index (χ3n) is 13.4. The van der Waals surface area contributed by atoms with Gasteiger partial charge in [-0.15, -0.1) is 0 Å². The van der Waals surface area contributed by atoms with Crippen LogP contribution in [-0.4, -0.2) is 61.9 Å². The molecule has 2 amide bonds. The molecule has 0 aromatic heterocycles. The van der Waals surface area contributed by atoms with Crippen LogP contribution in [0.4, 0.5) is 0 Å². The molecule has 226 valence electrons. The molecule has 4 aliphatic carbocycles. The number of amides is 2. The van der Waals surface area contributed by atoms with Gasteiger partial charge in [-0.2, -0.15) is 0 Å². The number of hydrogen-bond donors (Lipinski definition) is 3. The van der Waals surface area contributed by atoms with Crippen LogP contribution >= 0.6 is 0 Å². The average molecular weight is 557 g/mol. The first-order chi connectivity index (χ1) is 18.9. The molecule has 0 aromatic rings. The van der Waals surface area contributed by atoms with Gasteiger partial charge >= 0.3 is 0 Å². The SMILES string of the molecule is C[C@@H]1CC[C@@]2(NC1)O[C@H]1C[C@H]3[C@@H]4CC[C@@H]5C[C@H](NC(=O)CC(=O)NCN(C)C)CC[C@]5(C)[C@H]4CC[C@]3(C)[C@H]1[C@@H]2C. The Hall–Kier alpha value is -1.18. The molecule has 3 N–H and O–H groups in total. The summed E-state index contributed by atoms with van der Waals surface area (Å²) in [5.41, 5.74) is 0.703. The van der Waals surface area contributed by atoms with E-state index < -0.39 is 0 Å². The molecular formula is C33H56N4O3. The fourth-order valence-electron chi connectivity index (χ4n) is 11.3. The van der Waals surface area contributed by atoms with Gasteiger partial charge in [-0.05, 0) is 125 Å². The number of ether oxygens (including phenoxy) is 1. The van der Waals surface area contributed by atoms with Gasteiger partial charge in [0.1, 0.15) is 12.1 Å². The van der Waals surface area contributed by atoms with Crippen molar-refractivity contribution in [2.75, 3.05) is 27.3 Å². The van der Waals surface area contributed by atoms with Gasteiger partial charge in [0.25, 0.3) is 0 Å². The van der Waals surface area contributed by atoms with E-state index in [2.05, 4.69) is 43.6 Å². The van der Waals surface area contributed by atoms with E-state index in [0.717, 1.165) is 43.1 Å². The molecule has 6 rings (SSSR count). The van der Waals surface area contributed by atoms with Crippen LogP contribution in [0.1, 0.15) is 98.3 Å². The maximum absolute atomic E-state index is 12.6.